The van der Waals surface area contributed by atoms with E-state index in [1.807, 2.05) is 6.07 Å². The molecule has 4 heteroatoms. The van der Waals surface area contributed by atoms with Crippen LogP contribution >= 0.6 is 0 Å². The predicted octanol–water partition coefficient (Wildman–Crippen LogP) is 0.483. The lowest BCUT2D eigenvalue weighted by Crippen LogP contribution is -2.00. The number of aromatic nitrogens is 3. The van der Waals surface area contributed by atoms with Gasteiger partial charge in [-0.1, -0.05) is 0 Å². The third-order valence-corrected chi connectivity index (χ3v) is 1.71. The second-order valence-electron chi connectivity index (χ2n) is 2.42. The molecule has 0 saturated heterocycles. The van der Waals surface area contributed by atoms with Gasteiger partial charge in [0.1, 0.15) is 6.33 Å². The molecule has 0 unspecified atom stereocenters. The van der Waals surface area contributed by atoms with Gasteiger partial charge in [0.15, 0.2) is 0 Å². The lowest BCUT2D eigenvalue weighted by molar-refractivity contribution is 1.00. The Morgan fingerprint density at radius 3 is 3.08 bits per heavy atom. The smallest absolute Gasteiger partial charge is 0.116 e. The van der Waals surface area contributed by atoms with Crippen molar-refractivity contribution in [1.29, 1.82) is 0 Å². The molecule has 0 radical (unpaired) electrons. The van der Waals surface area contributed by atoms with E-state index < -0.39 is 0 Å². The molecule has 2 N–H and O–H groups in total. The molecule has 0 atom stereocenters. The fourth-order valence-corrected chi connectivity index (χ4v) is 1.12. The van der Waals surface area contributed by atoms with E-state index in [2.05, 4.69) is 15.0 Å². The fourth-order valence-electron chi connectivity index (χ4n) is 1.12. The zero-order valence-electron chi connectivity index (χ0n) is 6.44. The normalized spacial score (nSPS) is 10.4. The van der Waals surface area contributed by atoms with Crippen LogP contribution in [-0.4, -0.2) is 15.0 Å². The van der Waals surface area contributed by atoms with Crippen molar-refractivity contribution in [2.45, 2.75) is 6.54 Å². The van der Waals surface area contributed by atoms with E-state index in [1.54, 1.807) is 12.4 Å². The highest BCUT2D eigenvalue weighted by molar-refractivity contribution is 5.79. The Morgan fingerprint density at radius 1 is 1.33 bits per heavy atom. The first-order valence-electron chi connectivity index (χ1n) is 3.65. The third-order valence-electron chi connectivity index (χ3n) is 1.71. The number of rotatable bonds is 1. The highest BCUT2D eigenvalue weighted by Crippen LogP contribution is 2.11. The number of hydrogen-bond acceptors (Lipinski definition) is 4. The van der Waals surface area contributed by atoms with E-state index in [1.165, 1.54) is 6.33 Å². The van der Waals surface area contributed by atoms with Crippen LogP contribution in [0.4, 0.5) is 0 Å². The minimum atomic E-state index is 0.421. The molecule has 0 saturated carbocycles. The van der Waals surface area contributed by atoms with Gasteiger partial charge in [0.25, 0.3) is 0 Å². The minimum Gasteiger partial charge on any atom is -0.325 e. The molecule has 0 amide bonds. The number of fused-ring (bicyclic) bond motifs is 1. The molecule has 2 aromatic rings. The summed E-state index contributed by atoms with van der Waals surface area (Å²) in [7, 11) is 0. The van der Waals surface area contributed by atoms with Crippen molar-refractivity contribution in [3.05, 3.63) is 30.5 Å². The number of nitrogens with zero attached hydrogens (tertiary/aromatic N) is 3. The van der Waals surface area contributed by atoms with Crippen LogP contribution in [0.5, 0.6) is 0 Å². The Bertz CT molecular complexity index is 394. The molecule has 0 spiro atoms. The van der Waals surface area contributed by atoms with Crippen molar-refractivity contribution in [2.75, 3.05) is 0 Å². The van der Waals surface area contributed by atoms with Crippen LogP contribution < -0.4 is 5.73 Å². The van der Waals surface area contributed by atoms with Gasteiger partial charge in [-0.3, -0.25) is 4.98 Å². The molecule has 0 aromatic carbocycles. The minimum absolute atomic E-state index is 0.421. The van der Waals surface area contributed by atoms with Crippen LogP contribution in [0.15, 0.2) is 24.8 Å². The summed E-state index contributed by atoms with van der Waals surface area (Å²) in [5.41, 5.74) is 7.23. The van der Waals surface area contributed by atoms with Crippen LogP contribution in [-0.2, 0) is 6.54 Å². The van der Waals surface area contributed by atoms with E-state index in [9.17, 15) is 0 Å². The fraction of sp³-hybridized carbons (Fsp3) is 0.125. The van der Waals surface area contributed by atoms with Gasteiger partial charge in [-0.15, -0.1) is 0 Å². The molecule has 12 heavy (non-hydrogen) atoms. The highest BCUT2D eigenvalue weighted by atomic mass is 14.8. The van der Waals surface area contributed by atoms with Crippen LogP contribution in [0.2, 0.25) is 0 Å². The van der Waals surface area contributed by atoms with E-state index in [4.69, 9.17) is 5.73 Å². The maximum absolute atomic E-state index is 5.50. The number of pyridine rings is 1. The molecule has 0 bridgehead atoms. The van der Waals surface area contributed by atoms with Crippen molar-refractivity contribution in [3.8, 4) is 0 Å². The quantitative estimate of drug-likeness (QED) is 0.659. The molecule has 0 fully saturated rings. The average molecular weight is 160 g/mol. The van der Waals surface area contributed by atoms with Crippen molar-refractivity contribution in [2.24, 2.45) is 5.73 Å². The maximum atomic E-state index is 5.50. The van der Waals surface area contributed by atoms with Gasteiger partial charge in [-0.25, -0.2) is 9.97 Å². The Kier molecular flexibility index (Phi) is 1.68. The highest BCUT2D eigenvalue weighted by Gasteiger charge is 1.99. The first-order chi connectivity index (χ1) is 5.92. The average Bonchev–Trinajstić information content (AvgIpc) is 2.17. The van der Waals surface area contributed by atoms with E-state index in [-0.39, 0.29) is 0 Å². The van der Waals surface area contributed by atoms with Crippen molar-refractivity contribution < 1.29 is 0 Å². The van der Waals surface area contributed by atoms with Crippen LogP contribution in [0.1, 0.15) is 5.69 Å². The van der Waals surface area contributed by atoms with Gasteiger partial charge >= 0.3 is 0 Å². The Balaban J connectivity index is 2.79. The molecule has 4 nitrogen and oxygen atoms in total. The monoisotopic (exact) mass is 160 g/mol. The van der Waals surface area contributed by atoms with Gasteiger partial charge in [-0.2, -0.15) is 0 Å². The zero-order valence-corrected chi connectivity index (χ0v) is 6.44. The zero-order chi connectivity index (χ0) is 8.39. The molecule has 60 valence electrons. The Labute approximate surface area is 69.5 Å². The second kappa shape index (κ2) is 2.83. The van der Waals surface area contributed by atoms with Gasteiger partial charge in [0.2, 0.25) is 0 Å². The SMILES string of the molecule is NCc1nccc2ncncc12. The molecule has 0 aliphatic heterocycles. The molecular weight excluding hydrogens is 152 g/mol. The largest absolute Gasteiger partial charge is 0.325 e. The van der Waals surface area contributed by atoms with Crippen LogP contribution in [0, 0.1) is 0 Å². The summed E-state index contributed by atoms with van der Waals surface area (Å²) in [6, 6.07) is 1.84. The van der Waals surface area contributed by atoms with Gasteiger partial charge in [0.05, 0.1) is 11.2 Å². The predicted molar refractivity (Wildman–Crippen MR) is 45.2 cm³/mol. The van der Waals surface area contributed by atoms with Gasteiger partial charge in [-0.05, 0) is 6.07 Å². The summed E-state index contributed by atoms with van der Waals surface area (Å²) < 4.78 is 0. The standard InChI is InChI=1S/C8H8N4/c9-3-8-6-4-10-5-12-7(6)1-2-11-8/h1-2,4-5H,3,9H2. The summed E-state index contributed by atoms with van der Waals surface area (Å²) >= 11 is 0. The molecule has 2 heterocycles. The topological polar surface area (TPSA) is 64.7 Å². The Morgan fingerprint density at radius 2 is 2.25 bits per heavy atom. The lowest BCUT2D eigenvalue weighted by atomic mass is 10.2. The summed E-state index contributed by atoms with van der Waals surface area (Å²) in [6.07, 6.45) is 4.96. The van der Waals surface area contributed by atoms with E-state index in [0.717, 1.165) is 16.6 Å². The molecule has 2 aromatic heterocycles. The summed E-state index contributed by atoms with van der Waals surface area (Å²) in [6.45, 7) is 0.421. The van der Waals surface area contributed by atoms with E-state index >= 15 is 0 Å². The number of nitrogens with two attached hydrogens (primary N) is 1. The van der Waals surface area contributed by atoms with Crippen molar-refractivity contribution in [1.82, 2.24) is 15.0 Å². The van der Waals surface area contributed by atoms with Crippen LogP contribution in [0.25, 0.3) is 10.9 Å². The lowest BCUT2D eigenvalue weighted by Gasteiger charge is -1.99. The van der Waals surface area contributed by atoms with Crippen LogP contribution in [0.3, 0.4) is 0 Å². The second-order valence-corrected chi connectivity index (χ2v) is 2.42. The molecule has 0 aliphatic carbocycles. The first kappa shape index (κ1) is 7.12. The summed E-state index contributed by atoms with van der Waals surface area (Å²) in [5.74, 6) is 0. The third kappa shape index (κ3) is 1.02. The number of hydrogen-bond donors (Lipinski definition) is 1. The summed E-state index contributed by atoms with van der Waals surface area (Å²) in [4.78, 5) is 12.1. The van der Waals surface area contributed by atoms with Crippen molar-refractivity contribution >= 4 is 10.9 Å². The van der Waals surface area contributed by atoms with Crippen molar-refractivity contribution in [3.63, 3.8) is 0 Å². The Hall–Kier alpha value is -1.55. The van der Waals surface area contributed by atoms with Gasteiger partial charge in [0, 0.05) is 24.3 Å². The maximum Gasteiger partial charge on any atom is 0.116 e. The first-order valence-corrected chi connectivity index (χ1v) is 3.65. The molecule has 2 rings (SSSR count). The molecule has 0 aliphatic rings. The van der Waals surface area contributed by atoms with E-state index in [0.29, 0.717) is 6.54 Å². The summed E-state index contributed by atoms with van der Waals surface area (Å²) in [5, 5.41) is 0.933. The molecular formula is C8H8N4. The van der Waals surface area contributed by atoms with Gasteiger partial charge < -0.3 is 5.73 Å².